The van der Waals surface area contributed by atoms with Crippen molar-refractivity contribution in [1.82, 2.24) is 9.21 Å². The van der Waals surface area contributed by atoms with Crippen LogP contribution in [0.3, 0.4) is 0 Å². The summed E-state index contributed by atoms with van der Waals surface area (Å²) >= 11 is 0. The largest absolute Gasteiger partial charge is 0.324 e. The van der Waals surface area contributed by atoms with E-state index >= 15 is 0 Å². The molecule has 132 valence electrons. The van der Waals surface area contributed by atoms with Gasteiger partial charge in [0.25, 0.3) is 0 Å². The molecule has 2 aromatic rings. The fourth-order valence-corrected chi connectivity index (χ4v) is 4.61. The fourth-order valence-electron chi connectivity index (χ4n) is 3.05. The first-order chi connectivity index (χ1) is 11.8. The van der Waals surface area contributed by atoms with E-state index in [-0.39, 0.29) is 17.3 Å². The molecule has 0 saturated carbocycles. The third kappa shape index (κ3) is 3.19. The smallest absolute Gasteiger partial charge is 0.245 e. The van der Waals surface area contributed by atoms with Gasteiger partial charge in [0, 0.05) is 7.05 Å². The van der Waals surface area contributed by atoms with Crippen molar-refractivity contribution in [2.45, 2.75) is 30.8 Å². The standard InChI is InChI=1S/C19H22N2O3S/c1-14(2)15-9-11-17(12-10-15)25(23,24)21-13-18(22)20(3)19(21)16-7-5-4-6-8-16/h4-12,14,19H,13H2,1-3H3. The SMILES string of the molecule is CC(C)c1ccc(S(=O)(=O)N2CC(=O)N(C)C2c2ccccc2)cc1. The minimum atomic E-state index is -3.77. The second-order valence-electron chi connectivity index (χ2n) is 6.56. The van der Waals surface area contributed by atoms with Crippen LogP contribution in [0.4, 0.5) is 0 Å². The first kappa shape index (κ1) is 17.6. The Morgan fingerprint density at radius 3 is 2.16 bits per heavy atom. The molecule has 0 aromatic heterocycles. The van der Waals surface area contributed by atoms with E-state index in [4.69, 9.17) is 0 Å². The third-order valence-electron chi connectivity index (χ3n) is 4.58. The second kappa shape index (κ2) is 6.61. The molecule has 1 fully saturated rings. The highest BCUT2D eigenvalue weighted by Gasteiger charge is 2.43. The maximum absolute atomic E-state index is 13.1. The molecule has 25 heavy (non-hydrogen) atoms. The van der Waals surface area contributed by atoms with Gasteiger partial charge in [-0.2, -0.15) is 4.31 Å². The predicted octanol–water partition coefficient (Wildman–Crippen LogP) is 2.97. The number of hydrogen-bond acceptors (Lipinski definition) is 3. The van der Waals surface area contributed by atoms with Gasteiger partial charge >= 0.3 is 0 Å². The van der Waals surface area contributed by atoms with Crippen LogP contribution in [0, 0.1) is 0 Å². The number of benzene rings is 2. The third-order valence-corrected chi connectivity index (χ3v) is 6.39. The lowest BCUT2D eigenvalue weighted by Crippen LogP contribution is -2.34. The molecule has 1 aliphatic heterocycles. The molecule has 0 radical (unpaired) electrons. The normalized spacial score (nSPS) is 19.0. The first-order valence-electron chi connectivity index (χ1n) is 8.25. The molecule has 0 N–H and O–H groups in total. The molecule has 6 heteroatoms. The summed E-state index contributed by atoms with van der Waals surface area (Å²) in [7, 11) is -2.14. The number of carbonyl (C=O) groups excluding carboxylic acids is 1. The molecule has 1 unspecified atom stereocenters. The van der Waals surface area contributed by atoms with E-state index in [1.807, 2.05) is 42.5 Å². The van der Waals surface area contributed by atoms with E-state index in [9.17, 15) is 13.2 Å². The van der Waals surface area contributed by atoms with Gasteiger partial charge in [0.2, 0.25) is 15.9 Å². The number of hydrogen-bond donors (Lipinski definition) is 0. The Bertz CT molecular complexity index is 861. The van der Waals surface area contributed by atoms with E-state index in [0.717, 1.165) is 11.1 Å². The van der Waals surface area contributed by atoms with Gasteiger partial charge in [-0.15, -0.1) is 0 Å². The van der Waals surface area contributed by atoms with Crippen LogP contribution >= 0.6 is 0 Å². The molecule has 3 rings (SSSR count). The van der Waals surface area contributed by atoms with Crippen molar-refractivity contribution < 1.29 is 13.2 Å². The lowest BCUT2D eigenvalue weighted by Gasteiger charge is -2.27. The zero-order chi connectivity index (χ0) is 18.2. The van der Waals surface area contributed by atoms with Crippen molar-refractivity contribution in [2.24, 2.45) is 0 Å². The van der Waals surface area contributed by atoms with Crippen LogP contribution in [0.5, 0.6) is 0 Å². The van der Waals surface area contributed by atoms with Crippen LogP contribution < -0.4 is 0 Å². The van der Waals surface area contributed by atoms with Crippen molar-refractivity contribution in [2.75, 3.05) is 13.6 Å². The Morgan fingerprint density at radius 2 is 1.60 bits per heavy atom. The lowest BCUT2D eigenvalue weighted by molar-refractivity contribution is -0.126. The molecule has 1 heterocycles. The number of carbonyl (C=O) groups is 1. The van der Waals surface area contributed by atoms with Crippen LogP contribution in [0.1, 0.15) is 37.1 Å². The Balaban J connectivity index is 2.01. The molecule has 1 saturated heterocycles. The molecular formula is C19H22N2O3S. The lowest BCUT2D eigenvalue weighted by atomic mass is 10.0. The average Bonchev–Trinajstić information content (AvgIpc) is 2.91. The van der Waals surface area contributed by atoms with Crippen LogP contribution in [0.2, 0.25) is 0 Å². The molecule has 1 atom stereocenters. The molecular weight excluding hydrogens is 336 g/mol. The zero-order valence-electron chi connectivity index (χ0n) is 14.6. The van der Waals surface area contributed by atoms with Gasteiger partial charge in [-0.1, -0.05) is 56.3 Å². The van der Waals surface area contributed by atoms with Gasteiger partial charge in [0.15, 0.2) is 0 Å². The number of amides is 1. The summed E-state index contributed by atoms with van der Waals surface area (Å²) in [6.45, 7) is 3.97. The van der Waals surface area contributed by atoms with Crippen molar-refractivity contribution >= 4 is 15.9 Å². The number of rotatable bonds is 4. The minimum absolute atomic E-state index is 0.148. The molecule has 2 aromatic carbocycles. The van der Waals surface area contributed by atoms with Gasteiger partial charge in [-0.25, -0.2) is 8.42 Å². The highest BCUT2D eigenvalue weighted by Crippen LogP contribution is 2.34. The quantitative estimate of drug-likeness (QED) is 0.844. The van der Waals surface area contributed by atoms with Gasteiger partial charge in [-0.3, -0.25) is 4.79 Å². The summed E-state index contributed by atoms with van der Waals surface area (Å²) < 4.78 is 27.5. The summed E-state index contributed by atoms with van der Waals surface area (Å²) in [5, 5.41) is 0. The Kier molecular flexibility index (Phi) is 4.67. The monoisotopic (exact) mass is 358 g/mol. The van der Waals surface area contributed by atoms with Crippen LogP contribution in [0.15, 0.2) is 59.5 Å². The Labute approximate surface area is 148 Å². The number of sulfonamides is 1. The number of likely N-dealkylation sites (N-methyl/N-ethyl adjacent to an activating group) is 1. The minimum Gasteiger partial charge on any atom is -0.324 e. The maximum atomic E-state index is 13.1. The highest BCUT2D eigenvalue weighted by molar-refractivity contribution is 7.89. The van der Waals surface area contributed by atoms with Crippen molar-refractivity contribution in [3.8, 4) is 0 Å². The summed E-state index contributed by atoms with van der Waals surface area (Å²) in [4.78, 5) is 13.9. The van der Waals surface area contributed by atoms with E-state index in [1.165, 1.54) is 9.21 Å². The van der Waals surface area contributed by atoms with Gasteiger partial charge in [0.1, 0.15) is 6.17 Å². The molecule has 1 amide bonds. The maximum Gasteiger partial charge on any atom is 0.245 e. The topological polar surface area (TPSA) is 57.7 Å². The average molecular weight is 358 g/mol. The van der Waals surface area contributed by atoms with Gasteiger partial charge in [0.05, 0.1) is 11.4 Å². The Hall–Kier alpha value is -2.18. The zero-order valence-corrected chi connectivity index (χ0v) is 15.4. The molecule has 0 aliphatic carbocycles. The highest BCUT2D eigenvalue weighted by atomic mass is 32.2. The van der Waals surface area contributed by atoms with E-state index in [0.29, 0.717) is 5.92 Å². The summed E-state index contributed by atoms with van der Waals surface area (Å²) in [5.74, 6) is 0.115. The fraction of sp³-hybridized carbons (Fsp3) is 0.316. The van der Waals surface area contributed by atoms with Crippen molar-refractivity contribution in [3.05, 3.63) is 65.7 Å². The van der Waals surface area contributed by atoms with E-state index in [1.54, 1.807) is 19.2 Å². The second-order valence-corrected chi connectivity index (χ2v) is 8.45. The predicted molar refractivity (Wildman–Crippen MR) is 96.4 cm³/mol. The summed E-state index contributed by atoms with van der Waals surface area (Å²) in [6.07, 6.45) is -0.622. The molecule has 1 aliphatic rings. The van der Waals surface area contributed by atoms with Crippen LogP contribution in [0.25, 0.3) is 0 Å². The van der Waals surface area contributed by atoms with Crippen molar-refractivity contribution in [3.63, 3.8) is 0 Å². The number of nitrogens with zero attached hydrogens (tertiary/aromatic N) is 2. The van der Waals surface area contributed by atoms with E-state index < -0.39 is 16.2 Å². The Morgan fingerprint density at radius 1 is 1.00 bits per heavy atom. The molecule has 0 spiro atoms. The summed E-state index contributed by atoms with van der Waals surface area (Å²) in [6, 6.07) is 16.1. The van der Waals surface area contributed by atoms with Crippen LogP contribution in [-0.2, 0) is 14.8 Å². The van der Waals surface area contributed by atoms with Crippen LogP contribution in [-0.4, -0.2) is 37.1 Å². The molecule has 0 bridgehead atoms. The molecule has 5 nitrogen and oxygen atoms in total. The van der Waals surface area contributed by atoms with Gasteiger partial charge in [-0.05, 0) is 29.2 Å². The summed E-state index contributed by atoms with van der Waals surface area (Å²) in [5.41, 5.74) is 1.85. The van der Waals surface area contributed by atoms with E-state index in [2.05, 4.69) is 13.8 Å². The van der Waals surface area contributed by atoms with Crippen molar-refractivity contribution in [1.29, 1.82) is 0 Å². The van der Waals surface area contributed by atoms with Gasteiger partial charge < -0.3 is 4.90 Å². The first-order valence-corrected chi connectivity index (χ1v) is 9.69.